The summed E-state index contributed by atoms with van der Waals surface area (Å²) < 4.78 is 0. The van der Waals surface area contributed by atoms with E-state index in [-0.39, 0.29) is 0 Å². The monoisotopic (exact) mass is 274 g/mol. The smallest absolute Gasteiger partial charge is 0.107 e. The van der Waals surface area contributed by atoms with Gasteiger partial charge in [0.2, 0.25) is 0 Å². The summed E-state index contributed by atoms with van der Waals surface area (Å²) in [4.78, 5) is 0. The topological polar surface area (TPSA) is 0 Å². The molecule has 0 N–H and O–H groups in total. The van der Waals surface area contributed by atoms with Gasteiger partial charge in [0.25, 0.3) is 0 Å². The first-order chi connectivity index (χ1) is 9.47. The summed E-state index contributed by atoms with van der Waals surface area (Å²) in [7, 11) is 0. The Morgan fingerprint density at radius 1 is 0.800 bits per heavy atom. The zero-order chi connectivity index (χ0) is 14.6. The van der Waals surface area contributed by atoms with Gasteiger partial charge in [-0.05, 0) is 5.41 Å². The van der Waals surface area contributed by atoms with Crippen molar-refractivity contribution in [1.82, 2.24) is 0 Å². The number of rotatable bonds is 3. The van der Waals surface area contributed by atoms with Crippen LogP contribution >= 0.6 is 0 Å². The molecule has 2 rings (SSSR count). The number of allylic oxidation sites excluding steroid dienone is 2. The van der Waals surface area contributed by atoms with E-state index >= 15 is 0 Å². The average molecular weight is 274 g/mol. The molecule has 0 aromatic carbocycles. The molecule has 1 heteroatoms. The van der Waals surface area contributed by atoms with Crippen molar-refractivity contribution in [1.29, 1.82) is 0 Å². The number of hydrogen-bond acceptors (Lipinski definition) is 0. The minimum Gasteiger partial charge on any atom is -0.107 e. The summed E-state index contributed by atoms with van der Waals surface area (Å²) in [5.74, 6) is 1.98. The highest BCUT2D eigenvalue weighted by Crippen LogP contribution is 2.44. The molecule has 2 saturated carbocycles. The van der Waals surface area contributed by atoms with Crippen LogP contribution in [-0.4, -0.2) is 6.71 Å². The molecule has 0 aromatic rings. The number of hydrogen-bond donors (Lipinski definition) is 0. The van der Waals surface area contributed by atoms with E-state index in [0.717, 1.165) is 18.3 Å². The maximum Gasteiger partial charge on any atom is 0.176 e. The molecule has 2 fully saturated rings. The summed E-state index contributed by atoms with van der Waals surface area (Å²) in [5, 5.41) is 0. The van der Waals surface area contributed by atoms with Crippen LogP contribution in [0.25, 0.3) is 0 Å². The molecule has 114 valence electrons. The Balaban J connectivity index is 2.15. The minimum atomic E-state index is 0.339. The molecule has 2 aliphatic carbocycles. The summed E-state index contributed by atoms with van der Waals surface area (Å²) in [6, 6.07) is 0. The quantitative estimate of drug-likeness (QED) is 0.503. The standard InChI is InChI=1S/C19H35B/c1-16(15-19(2,3)4)20(17-11-7-5-8-12-17)18-13-9-6-10-14-18/h15,17-18H,5-14H2,1-4H3/b16-15+. The average Bonchev–Trinajstić information content (AvgIpc) is 2.39. The largest absolute Gasteiger partial charge is 0.176 e. The fourth-order valence-electron chi connectivity index (χ4n) is 4.89. The lowest BCUT2D eigenvalue weighted by Gasteiger charge is -2.37. The minimum absolute atomic E-state index is 0.339. The third-order valence-electron chi connectivity index (χ3n) is 5.50. The zero-order valence-electron chi connectivity index (χ0n) is 14.4. The van der Waals surface area contributed by atoms with E-state index in [9.17, 15) is 0 Å². The first-order valence-corrected chi connectivity index (χ1v) is 9.17. The van der Waals surface area contributed by atoms with Crippen LogP contribution in [0.1, 0.15) is 91.9 Å². The second kappa shape index (κ2) is 7.18. The van der Waals surface area contributed by atoms with Crippen LogP contribution in [0, 0.1) is 5.41 Å². The molecular formula is C19H35B. The van der Waals surface area contributed by atoms with Crippen LogP contribution in [0.3, 0.4) is 0 Å². The molecule has 0 bridgehead atoms. The van der Waals surface area contributed by atoms with Crippen molar-refractivity contribution < 1.29 is 0 Å². The lowest BCUT2D eigenvalue weighted by atomic mass is 9.27. The van der Waals surface area contributed by atoms with Gasteiger partial charge in [-0.15, -0.1) is 5.47 Å². The molecule has 0 radical (unpaired) electrons. The highest BCUT2D eigenvalue weighted by Gasteiger charge is 2.35. The van der Waals surface area contributed by atoms with Crippen LogP contribution in [0.4, 0.5) is 0 Å². The van der Waals surface area contributed by atoms with Crippen molar-refractivity contribution in [2.45, 2.75) is 104 Å². The van der Waals surface area contributed by atoms with Gasteiger partial charge in [0, 0.05) is 0 Å². The van der Waals surface area contributed by atoms with Crippen LogP contribution in [0.15, 0.2) is 11.5 Å². The Kier molecular flexibility index (Phi) is 5.81. The van der Waals surface area contributed by atoms with Gasteiger partial charge < -0.3 is 0 Å². The van der Waals surface area contributed by atoms with Crippen molar-refractivity contribution in [3.8, 4) is 0 Å². The highest BCUT2D eigenvalue weighted by molar-refractivity contribution is 6.69. The Labute approximate surface area is 127 Å². The molecule has 0 aromatic heterocycles. The molecule has 0 aliphatic heterocycles. The third-order valence-corrected chi connectivity index (χ3v) is 5.50. The second-order valence-electron chi connectivity index (χ2n) is 8.58. The maximum absolute atomic E-state index is 2.58. The molecule has 0 atom stereocenters. The molecule has 0 amide bonds. The van der Waals surface area contributed by atoms with E-state index < -0.39 is 0 Å². The van der Waals surface area contributed by atoms with Crippen molar-refractivity contribution in [3.63, 3.8) is 0 Å². The van der Waals surface area contributed by atoms with E-state index in [1.807, 2.05) is 0 Å². The van der Waals surface area contributed by atoms with Gasteiger partial charge in [-0.1, -0.05) is 110 Å². The molecule has 0 unspecified atom stereocenters. The van der Waals surface area contributed by atoms with Gasteiger partial charge in [-0.3, -0.25) is 0 Å². The van der Waals surface area contributed by atoms with Crippen LogP contribution in [0.5, 0.6) is 0 Å². The van der Waals surface area contributed by atoms with E-state index in [1.165, 1.54) is 64.2 Å². The zero-order valence-corrected chi connectivity index (χ0v) is 14.4. The SMILES string of the molecule is C/C(=C\C(C)(C)C)B(C1CCCCC1)C1CCCCC1. The Bertz CT molecular complexity index is 293. The lowest BCUT2D eigenvalue weighted by molar-refractivity contribution is 0.462. The van der Waals surface area contributed by atoms with Gasteiger partial charge in [0.15, 0.2) is 6.71 Å². The van der Waals surface area contributed by atoms with E-state index in [2.05, 4.69) is 33.8 Å². The van der Waals surface area contributed by atoms with E-state index in [1.54, 1.807) is 5.47 Å². The summed E-state index contributed by atoms with van der Waals surface area (Å²) in [6.07, 6.45) is 17.5. The molecular weight excluding hydrogens is 239 g/mol. The van der Waals surface area contributed by atoms with E-state index in [0.29, 0.717) is 5.41 Å². The lowest BCUT2D eigenvalue weighted by Crippen LogP contribution is -2.32. The normalized spacial score (nSPS) is 23.9. The van der Waals surface area contributed by atoms with Crippen molar-refractivity contribution in [2.24, 2.45) is 5.41 Å². The molecule has 0 spiro atoms. The van der Waals surface area contributed by atoms with Crippen molar-refractivity contribution in [2.75, 3.05) is 0 Å². The van der Waals surface area contributed by atoms with Crippen LogP contribution < -0.4 is 0 Å². The fraction of sp³-hybridized carbons (Fsp3) is 0.895. The Hall–Kier alpha value is -0.195. The fourth-order valence-corrected chi connectivity index (χ4v) is 4.89. The molecule has 0 nitrogen and oxygen atoms in total. The predicted molar refractivity (Wildman–Crippen MR) is 92.6 cm³/mol. The maximum atomic E-state index is 2.58. The molecule has 0 saturated heterocycles. The van der Waals surface area contributed by atoms with Crippen molar-refractivity contribution in [3.05, 3.63) is 11.5 Å². The van der Waals surface area contributed by atoms with Crippen LogP contribution in [0.2, 0.25) is 11.6 Å². The molecule has 20 heavy (non-hydrogen) atoms. The Morgan fingerprint density at radius 3 is 1.55 bits per heavy atom. The molecule has 2 aliphatic rings. The predicted octanol–water partition coefficient (Wildman–Crippen LogP) is 6.68. The van der Waals surface area contributed by atoms with Gasteiger partial charge >= 0.3 is 0 Å². The third kappa shape index (κ3) is 4.67. The first-order valence-electron chi connectivity index (χ1n) is 9.17. The second-order valence-corrected chi connectivity index (χ2v) is 8.58. The first kappa shape index (κ1) is 16.2. The van der Waals surface area contributed by atoms with E-state index in [4.69, 9.17) is 0 Å². The van der Waals surface area contributed by atoms with Crippen molar-refractivity contribution >= 4 is 6.71 Å². The van der Waals surface area contributed by atoms with Gasteiger partial charge in [-0.25, -0.2) is 0 Å². The summed E-state index contributed by atoms with van der Waals surface area (Å²) >= 11 is 0. The van der Waals surface area contributed by atoms with Gasteiger partial charge in [0.1, 0.15) is 0 Å². The molecule has 0 heterocycles. The summed E-state index contributed by atoms with van der Waals surface area (Å²) in [6.45, 7) is 10.4. The van der Waals surface area contributed by atoms with Crippen LogP contribution in [-0.2, 0) is 0 Å². The summed E-state index contributed by atoms with van der Waals surface area (Å²) in [5.41, 5.74) is 2.06. The van der Waals surface area contributed by atoms with Gasteiger partial charge in [-0.2, -0.15) is 0 Å². The highest BCUT2D eigenvalue weighted by atomic mass is 14.2. The Morgan fingerprint density at radius 2 is 1.20 bits per heavy atom. The van der Waals surface area contributed by atoms with Gasteiger partial charge in [0.05, 0.1) is 0 Å².